The zero-order valence-corrected chi connectivity index (χ0v) is 11.2. The Bertz CT molecular complexity index is 509. The molecule has 0 atom stereocenters. The molecule has 0 heterocycles. The van der Waals surface area contributed by atoms with Crippen LogP contribution in [-0.2, 0) is 21.2 Å². The summed E-state index contributed by atoms with van der Waals surface area (Å²) in [4.78, 5) is 10.5. The third-order valence-electron chi connectivity index (χ3n) is 2.49. The maximum atomic E-state index is 11.8. The van der Waals surface area contributed by atoms with Gasteiger partial charge in [-0.15, -0.1) is 0 Å². The van der Waals surface area contributed by atoms with E-state index in [1.54, 1.807) is 12.1 Å². The van der Waals surface area contributed by atoms with E-state index >= 15 is 0 Å². The monoisotopic (exact) mass is 287 g/mol. The first-order valence-electron chi connectivity index (χ1n) is 5.87. The van der Waals surface area contributed by atoms with E-state index in [-0.39, 0.29) is 24.5 Å². The molecule has 1 aromatic carbocycles. The van der Waals surface area contributed by atoms with Gasteiger partial charge in [0.25, 0.3) is 0 Å². The molecule has 7 heteroatoms. The first kappa shape index (κ1) is 15.6. The molecule has 0 saturated heterocycles. The molecule has 0 saturated carbocycles. The average molecular weight is 287 g/mol. The van der Waals surface area contributed by atoms with Crippen LogP contribution in [0.1, 0.15) is 18.4 Å². The topological polar surface area (TPSA) is 104 Å². The minimum Gasteiger partial charge on any atom is -0.481 e. The normalized spacial score (nSPS) is 11.4. The number of aliphatic hydroxyl groups is 1. The third kappa shape index (κ3) is 5.37. The lowest BCUT2D eigenvalue weighted by molar-refractivity contribution is -0.136. The number of rotatable bonds is 8. The Kier molecular flexibility index (Phi) is 5.94. The molecule has 0 aliphatic carbocycles. The van der Waals surface area contributed by atoms with Crippen LogP contribution in [0.25, 0.3) is 0 Å². The van der Waals surface area contributed by atoms with E-state index in [1.165, 1.54) is 12.1 Å². The van der Waals surface area contributed by atoms with E-state index in [0.29, 0.717) is 12.8 Å². The van der Waals surface area contributed by atoms with Gasteiger partial charge >= 0.3 is 5.97 Å². The summed E-state index contributed by atoms with van der Waals surface area (Å²) in [5, 5.41) is 17.1. The lowest BCUT2D eigenvalue weighted by atomic mass is 10.1. The molecule has 0 spiro atoms. The Labute approximate surface area is 112 Å². The summed E-state index contributed by atoms with van der Waals surface area (Å²) in [6.45, 7) is 0.107. The lowest BCUT2D eigenvalue weighted by Gasteiger charge is -2.06. The fourth-order valence-electron chi connectivity index (χ4n) is 1.46. The Morgan fingerprint density at radius 2 is 1.84 bits per heavy atom. The zero-order chi connectivity index (χ0) is 14.3. The molecule has 3 N–H and O–H groups in total. The molecule has 0 aromatic heterocycles. The molecule has 6 nitrogen and oxygen atoms in total. The van der Waals surface area contributed by atoms with Crippen LogP contribution in [0, 0.1) is 0 Å². The second kappa shape index (κ2) is 7.22. The van der Waals surface area contributed by atoms with Crippen molar-refractivity contribution in [2.75, 3.05) is 13.2 Å². The van der Waals surface area contributed by atoms with Gasteiger partial charge in [-0.2, -0.15) is 0 Å². The van der Waals surface area contributed by atoms with Crippen LogP contribution in [-0.4, -0.2) is 37.8 Å². The van der Waals surface area contributed by atoms with E-state index in [1.807, 2.05) is 0 Å². The number of aryl methyl sites for hydroxylation is 1. The van der Waals surface area contributed by atoms with Crippen LogP contribution in [0.3, 0.4) is 0 Å². The second-order valence-corrected chi connectivity index (χ2v) is 5.78. The zero-order valence-electron chi connectivity index (χ0n) is 10.4. The highest BCUT2D eigenvalue weighted by molar-refractivity contribution is 7.89. The summed E-state index contributed by atoms with van der Waals surface area (Å²) in [6.07, 6.45) is 0.740. The number of benzene rings is 1. The number of carbonyl (C=O) groups is 1. The van der Waals surface area contributed by atoms with Gasteiger partial charge in [-0.05, 0) is 30.5 Å². The largest absolute Gasteiger partial charge is 0.481 e. The molecule has 0 bridgehead atoms. The van der Waals surface area contributed by atoms with Crippen molar-refractivity contribution in [2.45, 2.75) is 24.2 Å². The van der Waals surface area contributed by atoms with Gasteiger partial charge < -0.3 is 10.2 Å². The molecule has 106 valence electrons. The van der Waals surface area contributed by atoms with E-state index < -0.39 is 16.0 Å². The molecule has 0 radical (unpaired) electrons. The van der Waals surface area contributed by atoms with Gasteiger partial charge in [-0.3, -0.25) is 4.79 Å². The molecule has 0 fully saturated rings. The highest BCUT2D eigenvalue weighted by atomic mass is 32.2. The van der Waals surface area contributed by atoms with Gasteiger partial charge in [0.05, 0.1) is 4.90 Å². The molecular formula is C12H17NO5S. The molecule has 1 aromatic rings. The summed E-state index contributed by atoms with van der Waals surface area (Å²) in [7, 11) is -3.56. The number of carboxylic acids is 1. The van der Waals surface area contributed by atoms with Crippen LogP contribution in [0.5, 0.6) is 0 Å². The molecule has 0 aliphatic rings. The van der Waals surface area contributed by atoms with Crippen LogP contribution < -0.4 is 4.72 Å². The number of aliphatic hydroxyl groups excluding tert-OH is 1. The van der Waals surface area contributed by atoms with E-state index in [2.05, 4.69) is 4.72 Å². The Balaban J connectivity index is 2.66. The molecule has 0 amide bonds. The van der Waals surface area contributed by atoms with Gasteiger partial charge in [0.1, 0.15) is 0 Å². The standard InChI is InChI=1S/C12H17NO5S/c14-9-1-8-13-19(17,18)11-5-2-10(3-6-11)4-7-12(15)16/h2-3,5-6,13-14H,1,4,7-9H2,(H,15,16). The van der Waals surface area contributed by atoms with Gasteiger partial charge in [0, 0.05) is 19.6 Å². The van der Waals surface area contributed by atoms with Gasteiger partial charge in [0.15, 0.2) is 0 Å². The fraction of sp³-hybridized carbons (Fsp3) is 0.417. The number of carboxylic acid groups (broad SMARTS) is 1. The molecule has 1 rings (SSSR count). The highest BCUT2D eigenvalue weighted by Crippen LogP contribution is 2.11. The highest BCUT2D eigenvalue weighted by Gasteiger charge is 2.12. The summed E-state index contributed by atoms with van der Waals surface area (Å²) in [5.74, 6) is -0.887. The minimum absolute atomic E-state index is 0.0147. The van der Waals surface area contributed by atoms with Crippen LogP contribution in [0.15, 0.2) is 29.2 Å². The smallest absolute Gasteiger partial charge is 0.303 e. The third-order valence-corrected chi connectivity index (χ3v) is 3.97. The van der Waals surface area contributed by atoms with Crippen molar-refractivity contribution in [3.8, 4) is 0 Å². The quantitative estimate of drug-likeness (QED) is 0.599. The van der Waals surface area contributed by atoms with Crippen molar-refractivity contribution < 1.29 is 23.4 Å². The molecule has 19 heavy (non-hydrogen) atoms. The van der Waals surface area contributed by atoms with Crippen molar-refractivity contribution in [2.24, 2.45) is 0 Å². The summed E-state index contributed by atoms with van der Waals surface area (Å²) < 4.78 is 26.0. The number of hydrogen-bond acceptors (Lipinski definition) is 4. The maximum absolute atomic E-state index is 11.8. The number of aliphatic carboxylic acids is 1. The molecule has 0 unspecified atom stereocenters. The van der Waals surface area contributed by atoms with Gasteiger partial charge in [-0.25, -0.2) is 13.1 Å². The van der Waals surface area contributed by atoms with Crippen molar-refractivity contribution >= 4 is 16.0 Å². The lowest BCUT2D eigenvalue weighted by Crippen LogP contribution is -2.25. The van der Waals surface area contributed by atoms with Crippen molar-refractivity contribution in [1.82, 2.24) is 4.72 Å². The van der Waals surface area contributed by atoms with Crippen molar-refractivity contribution in [3.05, 3.63) is 29.8 Å². The first-order valence-corrected chi connectivity index (χ1v) is 7.35. The van der Waals surface area contributed by atoms with Gasteiger partial charge in [0.2, 0.25) is 10.0 Å². The second-order valence-electron chi connectivity index (χ2n) is 4.01. The summed E-state index contributed by atoms with van der Waals surface area (Å²) >= 11 is 0. The summed E-state index contributed by atoms with van der Waals surface area (Å²) in [5.41, 5.74) is 0.775. The number of hydrogen-bond donors (Lipinski definition) is 3. The maximum Gasteiger partial charge on any atom is 0.303 e. The predicted octanol–water partition coefficient (Wildman–Crippen LogP) is 0.365. The number of nitrogens with one attached hydrogen (secondary N) is 1. The van der Waals surface area contributed by atoms with Crippen LogP contribution >= 0.6 is 0 Å². The van der Waals surface area contributed by atoms with E-state index in [0.717, 1.165) is 5.56 Å². The SMILES string of the molecule is O=C(O)CCc1ccc(S(=O)(=O)NCCCO)cc1. The Morgan fingerprint density at radius 3 is 2.37 bits per heavy atom. The molecule has 0 aliphatic heterocycles. The number of sulfonamides is 1. The van der Waals surface area contributed by atoms with Crippen molar-refractivity contribution in [3.63, 3.8) is 0 Å². The van der Waals surface area contributed by atoms with E-state index in [9.17, 15) is 13.2 Å². The fourth-order valence-corrected chi connectivity index (χ4v) is 2.53. The first-order chi connectivity index (χ1) is 8.95. The predicted molar refractivity (Wildman–Crippen MR) is 69.3 cm³/mol. The molecular weight excluding hydrogens is 270 g/mol. The Morgan fingerprint density at radius 1 is 1.21 bits per heavy atom. The average Bonchev–Trinajstić information content (AvgIpc) is 2.37. The van der Waals surface area contributed by atoms with Crippen LogP contribution in [0.4, 0.5) is 0 Å². The Hall–Kier alpha value is -1.44. The van der Waals surface area contributed by atoms with Crippen molar-refractivity contribution in [1.29, 1.82) is 0 Å². The van der Waals surface area contributed by atoms with Crippen LogP contribution in [0.2, 0.25) is 0 Å². The summed E-state index contributed by atoms with van der Waals surface area (Å²) in [6, 6.07) is 6.09. The van der Waals surface area contributed by atoms with Gasteiger partial charge in [-0.1, -0.05) is 12.1 Å². The minimum atomic E-state index is -3.56. The van der Waals surface area contributed by atoms with E-state index in [4.69, 9.17) is 10.2 Å².